The van der Waals surface area contributed by atoms with Crippen molar-refractivity contribution in [3.63, 3.8) is 0 Å². The lowest BCUT2D eigenvalue weighted by molar-refractivity contribution is -0.759. The summed E-state index contributed by atoms with van der Waals surface area (Å²) in [5.41, 5.74) is 0. The Labute approximate surface area is 119 Å². The molecule has 2 heterocycles. The number of piperidine rings is 2. The number of hydrogen-bond donors (Lipinski definition) is 0. The second kappa shape index (κ2) is 6.88. The van der Waals surface area contributed by atoms with Gasteiger partial charge in [0.2, 0.25) is 5.91 Å². The van der Waals surface area contributed by atoms with Crippen LogP contribution < -0.4 is 0 Å². The van der Waals surface area contributed by atoms with Crippen LogP contribution in [-0.2, 0) is 9.63 Å². The molecule has 0 aromatic heterocycles. The Balaban J connectivity index is 1.75. The largest absolute Gasteiger partial charge is 0.342 e. The third-order valence-corrected chi connectivity index (χ3v) is 4.32. The number of hydrogen-bond acceptors (Lipinski definition) is 5. The van der Waals surface area contributed by atoms with E-state index in [0.717, 1.165) is 38.8 Å². The van der Waals surface area contributed by atoms with Gasteiger partial charge in [0.25, 0.3) is 5.09 Å². The maximum atomic E-state index is 12.4. The molecule has 114 valence electrons. The maximum Gasteiger partial charge on any atom is 0.294 e. The molecule has 1 unspecified atom stereocenters. The second-order valence-electron chi connectivity index (χ2n) is 5.89. The molecule has 20 heavy (non-hydrogen) atoms. The molecule has 0 aromatic rings. The molecule has 2 rings (SSSR count). The van der Waals surface area contributed by atoms with Crippen LogP contribution in [-0.4, -0.2) is 60.6 Å². The summed E-state index contributed by atoms with van der Waals surface area (Å²) in [5, 5.41) is 9.43. The number of carbonyl (C=O) groups excluding carboxylic acids is 1. The highest BCUT2D eigenvalue weighted by Crippen LogP contribution is 2.22. The normalized spacial score (nSPS) is 25.4. The molecule has 1 atom stereocenters. The van der Waals surface area contributed by atoms with Crippen molar-refractivity contribution in [2.45, 2.75) is 25.7 Å². The molecule has 1 amide bonds. The van der Waals surface area contributed by atoms with E-state index < -0.39 is 5.09 Å². The molecule has 2 fully saturated rings. The fourth-order valence-electron chi connectivity index (χ4n) is 3.11. The summed E-state index contributed by atoms with van der Waals surface area (Å²) < 4.78 is 0. The first-order valence-electron chi connectivity index (χ1n) is 7.31. The molecule has 0 bridgehead atoms. The summed E-state index contributed by atoms with van der Waals surface area (Å²) >= 11 is 0. The van der Waals surface area contributed by atoms with E-state index in [1.807, 2.05) is 4.90 Å². The van der Waals surface area contributed by atoms with E-state index in [4.69, 9.17) is 0 Å². The third kappa shape index (κ3) is 4.06. The molecule has 0 spiro atoms. The number of likely N-dealkylation sites (tertiary alicyclic amines) is 2. The topological polar surface area (TPSA) is 75.9 Å². The second-order valence-corrected chi connectivity index (χ2v) is 5.89. The third-order valence-electron chi connectivity index (χ3n) is 4.32. The molecule has 0 saturated carbocycles. The van der Waals surface area contributed by atoms with Crippen LogP contribution in [0.5, 0.6) is 0 Å². The van der Waals surface area contributed by atoms with E-state index in [1.165, 1.54) is 0 Å². The van der Waals surface area contributed by atoms with Gasteiger partial charge in [-0.3, -0.25) is 4.79 Å². The maximum absolute atomic E-state index is 12.4. The van der Waals surface area contributed by atoms with Crippen molar-refractivity contribution in [1.29, 1.82) is 0 Å². The highest BCUT2D eigenvalue weighted by Gasteiger charge is 2.30. The van der Waals surface area contributed by atoms with Crippen molar-refractivity contribution >= 4 is 5.91 Å². The molecule has 2 aliphatic rings. The van der Waals surface area contributed by atoms with E-state index >= 15 is 0 Å². The van der Waals surface area contributed by atoms with E-state index in [9.17, 15) is 14.9 Å². The highest BCUT2D eigenvalue weighted by atomic mass is 16.9. The lowest BCUT2D eigenvalue weighted by Gasteiger charge is -2.36. The summed E-state index contributed by atoms with van der Waals surface area (Å²) in [6.45, 7) is 3.48. The molecule has 7 nitrogen and oxygen atoms in total. The van der Waals surface area contributed by atoms with Crippen molar-refractivity contribution in [1.82, 2.24) is 9.80 Å². The fourth-order valence-corrected chi connectivity index (χ4v) is 3.11. The van der Waals surface area contributed by atoms with Crippen molar-refractivity contribution in [2.24, 2.45) is 11.8 Å². The Kier molecular flexibility index (Phi) is 5.17. The standard InChI is InChI=1S/C13H23N3O4/c1-14-6-2-3-12(9-14)13(17)15-7-4-11(5-8-15)10-20-16(18)19/h11-12H,2-10H2,1H3. The minimum absolute atomic E-state index is 0.125. The van der Waals surface area contributed by atoms with Crippen LogP contribution in [0.15, 0.2) is 0 Å². The molecule has 0 aromatic carbocycles. The molecule has 2 aliphatic heterocycles. The summed E-state index contributed by atoms with van der Waals surface area (Å²) in [4.78, 5) is 31.2. The van der Waals surface area contributed by atoms with E-state index in [2.05, 4.69) is 16.8 Å². The van der Waals surface area contributed by atoms with Gasteiger partial charge in [-0.1, -0.05) is 0 Å². The Morgan fingerprint density at radius 2 is 2.00 bits per heavy atom. The number of carbonyl (C=O) groups is 1. The number of amides is 1. The monoisotopic (exact) mass is 285 g/mol. The zero-order valence-electron chi connectivity index (χ0n) is 12.0. The lowest BCUT2D eigenvalue weighted by atomic mass is 9.93. The zero-order valence-corrected chi connectivity index (χ0v) is 12.0. The molecular weight excluding hydrogens is 262 g/mol. The van der Waals surface area contributed by atoms with Gasteiger partial charge in [-0.25, -0.2) is 0 Å². The van der Waals surface area contributed by atoms with Crippen molar-refractivity contribution in [3.05, 3.63) is 10.1 Å². The van der Waals surface area contributed by atoms with Gasteiger partial charge in [0, 0.05) is 19.6 Å². The molecular formula is C13H23N3O4. The van der Waals surface area contributed by atoms with Crippen LogP contribution in [0.1, 0.15) is 25.7 Å². The van der Waals surface area contributed by atoms with Crippen LogP contribution >= 0.6 is 0 Å². The predicted octanol–water partition coefficient (Wildman–Crippen LogP) is 0.775. The minimum Gasteiger partial charge on any atom is -0.342 e. The van der Waals surface area contributed by atoms with Gasteiger partial charge < -0.3 is 14.6 Å². The quantitative estimate of drug-likeness (QED) is 0.563. The average Bonchev–Trinajstić information content (AvgIpc) is 2.45. The smallest absolute Gasteiger partial charge is 0.294 e. The molecule has 0 radical (unpaired) electrons. The summed E-state index contributed by atoms with van der Waals surface area (Å²) in [5.74, 6) is 0.573. The first kappa shape index (κ1) is 15.0. The average molecular weight is 285 g/mol. The first-order valence-corrected chi connectivity index (χ1v) is 7.31. The summed E-state index contributed by atoms with van der Waals surface area (Å²) in [6, 6.07) is 0. The van der Waals surface area contributed by atoms with Gasteiger partial charge in [-0.05, 0) is 45.2 Å². The number of rotatable bonds is 4. The van der Waals surface area contributed by atoms with Crippen molar-refractivity contribution in [3.8, 4) is 0 Å². The predicted molar refractivity (Wildman–Crippen MR) is 72.5 cm³/mol. The van der Waals surface area contributed by atoms with Gasteiger partial charge >= 0.3 is 0 Å². The molecule has 7 heteroatoms. The Morgan fingerprint density at radius 3 is 2.60 bits per heavy atom. The van der Waals surface area contributed by atoms with Gasteiger partial charge in [-0.15, -0.1) is 10.1 Å². The summed E-state index contributed by atoms with van der Waals surface area (Å²) in [6.07, 6.45) is 3.65. The summed E-state index contributed by atoms with van der Waals surface area (Å²) in [7, 11) is 2.06. The van der Waals surface area contributed by atoms with Crippen molar-refractivity contribution in [2.75, 3.05) is 39.8 Å². The Morgan fingerprint density at radius 1 is 1.30 bits per heavy atom. The molecule has 0 N–H and O–H groups in total. The lowest BCUT2D eigenvalue weighted by Crippen LogP contribution is -2.46. The SMILES string of the molecule is CN1CCCC(C(=O)N2CCC(CO[N+](=O)[O-])CC2)C1. The van der Waals surface area contributed by atoms with E-state index in [0.29, 0.717) is 13.1 Å². The molecule has 0 aliphatic carbocycles. The van der Waals surface area contributed by atoms with Gasteiger partial charge in [0.1, 0.15) is 0 Å². The zero-order chi connectivity index (χ0) is 14.5. The Bertz CT molecular complexity index is 356. The van der Waals surface area contributed by atoms with Gasteiger partial charge in [-0.2, -0.15) is 0 Å². The minimum atomic E-state index is -0.741. The Hall–Kier alpha value is -1.37. The number of nitrogens with zero attached hydrogens (tertiary/aromatic N) is 3. The van der Waals surface area contributed by atoms with Crippen LogP contribution in [0.4, 0.5) is 0 Å². The highest BCUT2D eigenvalue weighted by molar-refractivity contribution is 5.79. The van der Waals surface area contributed by atoms with Crippen LogP contribution in [0.25, 0.3) is 0 Å². The fraction of sp³-hybridized carbons (Fsp3) is 0.923. The van der Waals surface area contributed by atoms with Crippen LogP contribution in [0.3, 0.4) is 0 Å². The first-order chi connectivity index (χ1) is 9.56. The van der Waals surface area contributed by atoms with E-state index in [1.54, 1.807) is 0 Å². The van der Waals surface area contributed by atoms with Crippen molar-refractivity contribution < 1.29 is 14.7 Å². The van der Waals surface area contributed by atoms with Crippen LogP contribution in [0, 0.1) is 22.0 Å². The molecule has 2 saturated heterocycles. The van der Waals surface area contributed by atoms with E-state index in [-0.39, 0.29) is 24.3 Å². The van der Waals surface area contributed by atoms with Crippen LogP contribution in [0.2, 0.25) is 0 Å². The van der Waals surface area contributed by atoms with Gasteiger partial charge in [0.15, 0.2) is 0 Å². The van der Waals surface area contributed by atoms with Gasteiger partial charge in [0.05, 0.1) is 12.5 Å².